The van der Waals surface area contributed by atoms with Crippen molar-refractivity contribution in [2.75, 3.05) is 5.32 Å². The first-order chi connectivity index (χ1) is 11.1. The van der Waals surface area contributed by atoms with Crippen LogP contribution in [0.4, 0.5) is 5.13 Å². The number of hydrogen-bond acceptors (Lipinski definition) is 4. The van der Waals surface area contributed by atoms with Gasteiger partial charge in [0.1, 0.15) is 5.01 Å². The van der Waals surface area contributed by atoms with Gasteiger partial charge in [0, 0.05) is 15.6 Å². The maximum Gasteiger partial charge on any atom is 0.230 e. The zero-order valence-corrected chi connectivity index (χ0v) is 14.1. The van der Waals surface area contributed by atoms with Crippen molar-refractivity contribution in [1.29, 1.82) is 0 Å². The van der Waals surface area contributed by atoms with Gasteiger partial charge in [0.2, 0.25) is 11.0 Å². The molecule has 0 aliphatic rings. The van der Waals surface area contributed by atoms with Gasteiger partial charge >= 0.3 is 0 Å². The smallest absolute Gasteiger partial charge is 0.230 e. The fraction of sp³-hybridized carbons (Fsp3) is 0.0625. The van der Waals surface area contributed by atoms with E-state index < -0.39 is 0 Å². The quantitative estimate of drug-likeness (QED) is 0.731. The van der Waals surface area contributed by atoms with Crippen molar-refractivity contribution in [2.24, 2.45) is 0 Å². The number of carbonyl (C=O) groups is 1. The average Bonchev–Trinajstić information content (AvgIpc) is 2.99. The van der Waals surface area contributed by atoms with Crippen molar-refractivity contribution in [1.82, 2.24) is 10.2 Å². The molecule has 1 aromatic heterocycles. The van der Waals surface area contributed by atoms with Crippen molar-refractivity contribution in [2.45, 2.75) is 6.42 Å². The van der Waals surface area contributed by atoms with Crippen molar-refractivity contribution in [3.8, 4) is 10.6 Å². The summed E-state index contributed by atoms with van der Waals surface area (Å²) in [6, 6.07) is 14.7. The summed E-state index contributed by atoms with van der Waals surface area (Å²) in [5.41, 5.74) is 1.67. The summed E-state index contributed by atoms with van der Waals surface area (Å²) in [5, 5.41) is 13.0. The lowest BCUT2D eigenvalue weighted by atomic mass is 10.1. The Bertz CT molecular complexity index is 836. The van der Waals surface area contributed by atoms with Crippen LogP contribution in [-0.4, -0.2) is 16.1 Å². The molecule has 0 saturated carbocycles. The molecule has 23 heavy (non-hydrogen) atoms. The molecule has 0 saturated heterocycles. The van der Waals surface area contributed by atoms with E-state index in [1.54, 1.807) is 18.2 Å². The molecule has 0 spiro atoms. The molecule has 0 atom stereocenters. The molecule has 1 heterocycles. The van der Waals surface area contributed by atoms with Gasteiger partial charge in [0.05, 0.1) is 6.42 Å². The number of rotatable bonds is 4. The number of aromatic nitrogens is 2. The average molecular weight is 364 g/mol. The lowest BCUT2D eigenvalue weighted by Crippen LogP contribution is -2.14. The number of nitrogens with zero attached hydrogens (tertiary/aromatic N) is 2. The zero-order chi connectivity index (χ0) is 16.2. The van der Waals surface area contributed by atoms with Gasteiger partial charge in [-0.1, -0.05) is 70.9 Å². The van der Waals surface area contributed by atoms with E-state index >= 15 is 0 Å². The van der Waals surface area contributed by atoms with E-state index in [9.17, 15) is 4.79 Å². The van der Waals surface area contributed by atoms with E-state index in [2.05, 4.69) is 15.5 Å². The van der Waals surface area contributed by atoms with E-state index in [0.29, 0.717) is 20.7 Å². The Hall–Kier alpha value is -1.95. The fourth-order valence-corrected chi connectivity index (χ4v) is 3.21. The molecule has 2 aromatic carbocycles. The van der Waals surface area contributed by atoms with E-state index in [-0.39, 0.29) is 12.3 Å². The molecule has 4 nitrogen and oxygen atoms in total. The van der Waals surface area contributed by atoms with Crippen LogP contribution in [0, 0.1) is 0 Å². The second kappa shape index (κ2) is 7.08. The Kier molecular flexibility index (Phi) is 4.91. The van der Waals surface area contributed by atoms with Crippen LogP contribution < -0.4 is 5.32 Å². The van der Waals surface area contributed by atoms with Gasteiger partial charge < -0.3 is 5.32 Å². The van der Waals surface area contributed by atoms with E-state index in [0.717, 1.165) is 10.6 Å². The molecular formula is C16H11Cl2N3OS. The predicted molar refractivity (Wildman–Crippen MR) is 94.1 cm³/mol. The molecule has 0 bridgehead atoms. The highest BCUT2D eigenvalue weighted by Gasteiger charge is 2.11. The molecule has 3 rings (SSSR count). The molecular weight excluding hydrogens is 353 g/mol. The van der Waals surface area contributed by atoms with Crippen LogP contribution in [0.25, 0.3) is 10.6 Å². The minimum absolute atomic E-state index is 0.149. The van der Waals surface area contributed by atoms with Crippen LogP contribution in [0.3, 0.4) is 0 Å². The summed E-state index contributed by atoms with van der Waals surface area (Å²) in [5.74, 6) is -0.204. The molecule has 0 aliphatic carbocycles. The van der Waals surface area contributed by atoms with Gasteiger partial charge in [0.15, 0.2) is 0 Å². The summed E-state index contributed by atoms with van der Waals surface area (Å²) in [7, 11) is 0. The Balaban J connectivity index is 1.68. The number of halogens is 2. The van der Waals surface area contributed by atoms with Gasteiger partial charge in [-0.25, -0.2) is 0 Å². The summed E-state index contributed by atoms with van der Waals surface area (Å²) in [6.07, 6.45) is 0.149. The largest absolute Gasteiger partial charge is 0.300 e. The number of carbonyl (C=O) groups excluding carboxylic acids is 1. The summed E-state index contributed by atoms with van der Waals surface area (Å²) < 4.78 is 0. The van der Waals surface area contributed by atoms with Crippen LogP contribution in [0.15, 0.2) is 48.5 Å². The zero-order valence-electron chi connectivity index (χ0n) is 11.8. The second-order valence-corrected chi connectivity index (χ2v) is 6.56. The monoisotopic (exact) mass is 363 g/mol. The predicted octanol–water partition coefficient (Wildman–Crippen LogP) is 4.69. The van der Waals surface area contributed by atoms with Crippen LogP contribution >= 0.6 is 34.5 Å². The standard InChI is InChI=1S/C16H11Cl2N3OS/c17-12-7-6-11(13(18)9-12)8-14(22)19-16-21-20-15(23-16)10-4-2-1-3-5-10/h1-7,9H,8H2,(H,19,21,22). The molecule has 0 aliphatic heterocycles. The van der Waals surface area contributed by atoms with Crippen LogP contribution in [0.2, 0.25) is 10.0 Å². The Morgan fingerprint density at radius 3 is 2.61 bits per heavy atom. The molecule has 1 N–H and O–H groups in total. The van der Waals surface area contributed by atoms with E-state index in [1.165, 1.54) is 11.3 Å². The van der Waals surface area contributed by atoms with Crippen molar-refractivity contribution >= 4 is 45.6 Å². The SMILES string of the molecule is O=C(Cc1ccc(Cl)cc1Cl)Nc1nnc(-c2ccccc2)s1. The Morgan fingerprint density at radius 2 is 1.87 bits per heavy atom. The number of benzene rings is 2. The first-order valence-electron chi connectivity index (χ1n) is 6.74. The Morgan fingerprint density at radius 1 is 1.09 bits per heavy atom. The van der Waals surface area contributed by atoms with Crippen LogP contribution in [0.5, 0.6) is 0 Å². The molecule has 0 radical (unpaired) electrons. The summed E-state index contributed by atoms with van der Waals surface area (Å²) in [4.78, 5) is 12.1. The van der Waals surface area contributed by atoms with Crippen molar-refractivity contribution in [3.05, 3.63) is 64.1 Å². The maximum atomic E-state index is 12.1. The number of anilines is 1. The summed E-state index contributed by atoms with van der Waals surface area (Å²) in [6.45, 7) is 0. The molecule has 0 unspecified atom stereocenters. The third kappa shape index (κ3) is 4.07. The molecule has 3 aromatic rings. The minimum atomic E-state index is -0.204. The summed E-state index contributed by atoms with van der Waals surface area (Å²) >= 11 is 13.2. The normalized spacial score (nSPS) is 10.5. The van der Waals surface area contributed by atoms with Gasteiger partial charge in [-0.05, 0) is 17.7 Å². The molecule has 7 heteroatoms. The minimum Gasteiger partial charge on any atom is -0.300 e. The van der Waals surface area contributed by atoms with Crippen LogP contribution in [-0.2, 0) is 11.2 Å². The van der Waals surface area contributed by atoms with Gasteiger partial charge in [0.25, 0.3) is 0 Å². The highest BCUT2D eigenvalue weighted by Crippen LogP contribution is 2.26. The van der Waals surface area contributed by atoms with Crippen molar-refractivity contribution in [3.63, 3.8) is 0 Å². The molecule has 116 valence electrons. The third-order valence-corrected chi connectivity index (χ3v) is 4.53. The first-order valence-corrected chi connectivity index (χ1v) is 8.32. The number of nitrogens with one attached hydrogen (secondary N) is 1. The van der Waals surface area contributed by atoms with Crippen LogP contribution in [0.1, 0.15) is 5.56 Å². The fourth-order valence-electron chi connectivity index (χ4n) is 1.97. The Labute approximate surface area is 147 Å². The second-order valence-electron chi connectivity index (χ2n) is 4.74. The first kappa shape index (κ1) is 15.9. The highest BCUT2D eigenvalue weighted by atomic mass is 35.5. The van der Waals surface area contributed by atoms with E-state index in [4.69, 9.17) is 23.2 Å². The lowest BCUT2D eigenvalue weighted by molar-refractivity contribution is -0.115. The van der Waals surface area contributed by atoms with Crippen molar-refractivity contribution < 1.29 is 4.79 Å². The number of amides is 1. The van der Waals surface area contributed by atoms with Gasteiger partial charge in [-0.3, -0.25) is 4.79 Å². The maximum absolute atomic E-state index is 12.1. The lowest BCUT2D eigenvalue weighted by Gasteiger charge is -2.04. The van der Waals surface area contributed by atoms with Gasteiger partial charge in [-0.2, -0.15) is 0 Å². The third-order valence-electron chi connectivity index (χ3n) is 3.06. The highest BCUT2D eigenvalue weighted by molar-refractivity contribution is 7.18. The molecule has 0 fully saturated rings. The van der Waals surface area contributed by atoms with E-state index in [1.807, 2.05) is 30.3 Å². The topological polar surface area (TPSA) is 54.9 Å². The number of hydrogen-bond donors (Lipinski definition) is 1. The molecule has 1 amide bonds. The van der Waals surface area contributed by atoms with Gasteiger partial charge in [-0.15, -0.1) is 10.2 Å².